The molecule has 1 aromatic carbocycles. The lowest BCUT2D eigenvalue weighted by molar-refractivity contribution is 0.0685. The van der Waals surface area contributed by atoms with Gasteiger partial charge in [-0.25, -0.2) is 4.79 Å². The van der Waals surface area contributed by atoms with Crippen molar-refractivity contribution in [3.63, 3.8) is 0 Å². The highest BCUT2D eigenvalue weighted by Gasteiger charge is 2.25. The lowest BCUT2D eigenvalue weighted by Crippen LogP contribution is -2.09. The van der Waals surface area contributed by atoms with Crippen LogP contribution >= 0.6 is 0 Å². The van der Waals surface area contributed by atoms with E-state index in [9.17, 15) is 9.90 Å². The number of hydrogen-bond donors (Lipinski definition) is 1. The number of fused-ring (bicyclic) bond motifs is 1. The molecule has 0 atom stereocenters. The van der Waals surface area contributed by atoms with E-state index in [1.54, 1.807) is 6.07 Å². The first kappa shape index (κ1) is 10.4. The molecule has 3 nitrogen and oxygen atoms in total. The summed E-state index contributed by atoms with van der Waals surface area (Å²) in [5, 5.41) is 10.3. The summed E-state index contributed by atoms with van der Waals surface area (Å²) in [6.45, 7) is 2.88. The maximum atomic E-state index is 11.3. The van der Waals surface area contributed by atoms with E-state index in [1.165, 1.54) is 12.8 Å². The van der Waals surface area contributed by atoms with Crippen LogP contribution in [-0.2, 0) is 6.54 Å². The predicted molar refractivity (Wildman–Crippen MR) is 66.4 cm³/mol. The Labute approximate surface area is 99.7 Å². The highest BCUT2D eigenvalue weighted by molar-refractivity contribution is 5.95. The molecule has 0 bridgehead atoms. The Kier molecular flexibility index (Phi) is 2.21. The SMILES string of the molecule is Cc1cccc2cc(C(=O)O)n(CC3CC3)c12. The van der Waals surface area contributed by atoms with Crippen molar-refractivity contribution >= 4 is 16.9 Å². The third kappa shape index (κ3) is 1.71. The largest absolute Gasteiger partial charge is 0.477 e. The monoisotopic (exact) mass is 229 g/mol. The zero-order valence-corrected chi connectivity index (χ0v) is 9.81. The third-order valence-corrected chi connectivity index (χ3v) is 3.48. The van der Waals surface area contributed by atoms with Crippen LogP contribution in [0.3, 0.4) is 0 Å². The quantitative estimate of drug-likeness (QED) is 0.878. The summed E-state index contributed by atoms with van der Waals surface area (Å²) in [4.78, 5) is 11.3. The number of aromatic carboxylic acids is 1. The zero-order chi connectivity index (χ0) is 12.0. The highest BCUT2D eigenvalue weighted by Crippen LogP contribution is 2.33. The number of aryl methyl sites for hydroxylation is 1. The van der Waals surface area contributed by atoms with Gasteiger partial charge in [0.25, 0.3) is 0 Å². The molecule has 88 valence electrons. The van der Waals surface area contributed by atoms with E-state index in [0.717, 1.165) is 23.0 Å². The van der Waals surface area contributed by atoms with Gasteiger partial charge in [0.1, 0.15) is 5.69 Å². The van der Waals surface area contributed by atoms with E-state index in [1.807, 2.05) is 29.7 Å². The van der Waals surface area contributed by atoms with Crippen LogP contribution < -0.4 is 0 Å². The second kappa shape index (κ2) is 3.62. The van der Waals surface area contributed by atoms with Crippen molar-refractivity contribution in [2.75, 3.05) is 0 Å². The first-order valence-corrected chi connectivity index (χ1v) is 5.99. The lowest BCUT2D eigenvalue weighted by Gasteiger charge is -2.08. The number of carboxylic acid groups (broad SMARTS) is 1. The first-order chi connectivity index (χ1) is 8.16. The van der Waals surface area contributed by atoms with Gasteiger partial charge in [-0.2, -0.15) is 0 Å². The van der Waals surface area contributed by atoms with Crippen LogP contribution in [0.5, 0.6) is 0 Å². The van der Waals surface area contributed by atoms with Crippen LogP contribution in [0.1, 0.15) is 28.9 Å². The van der Waals surface area contributed by atoms with Crippen molar-refractivity contribution in [2.45, 2.75) is 26.3 Å². The van der Waals surface area contributed by atoms with Crippen LogP contribution in [0.25, 0.3) is 10.9 Å². The normalized spacial score (nSPS) is 15.4. The van der Waals surface area contributed by atoms with Crippen molar-refractivity contribution < 1.29 is 9.90 Å². The standard InChI is InChI=1S/C14H15NO2/c1-9-3-2-4-11-7-12(14(16)17)15(13(9)11)8-10-5-6-10/h2-4,7,10H,5-6,8H2,1H3,(H,16,17). The fourth-order valence-corrected chi connectivity index (χ4v) is 2.44. The fraction of sp³-hybridized carbons (Fsp3) is 0.357. The van der Waals surface area contributed by atoms with E-state index in [4.69, 9.17) is 0 Å². The minimum Gasteiger partial charge on any atom is -0.477 e. The van der Waals surface area contributed by atoms with Gasteiger partial charge in [-0.3, -0.25) is 0 Å². The molecule has 0 aliphatic heterocycles. The molecule has 1 heterocycles. The lowest BCUT2D eigenvalue weighted by atomic mass is 10.1. The van der Waals surface area contributed by atoms with Crippen LogP contribution in [0.2, 0.25) is 0 Å². The summed E-state index contributed by atoms with van der Waals surface area (Å²) >= 11 is 0. The Bertz CT molecular complexity index is 594. The molecule has 1 fully saturated rings. The van der Waals surface area contributed by atoms with Gasteiger partial charge >= 0.3 is 5.97 Å². The number of hydrogen-bond acceptors (Lipinski definition) is 1. The van der Waals surface area contributed by atoms with Crippen molar-refractivity contribution in [3.8, 4) is 0 Å². The Hall–Kier alpha value is -1.77. The Morgan fingerprint density at radius 2 is 2.24 bits per heavy atom. The van der Waals surface area contributed by atoms with E-state index in [2.05, 4.69) is 0 Å². The van der Waals surface area contributed by atoms with Crippen molar-refractivity contribution in [1.29, 1.82) is 0 Å². The number of para-hydroxylation sites is 1. The first-order valence-electron chi connectivity index (χ1n) is 5.99. The summed E-state index contributed by atoms with van der Waals surface area (Å²) in [5.74, 6) is -0.162. The van der Waals surface area contributed by atoms with Crippen LogP contribution in [-0.4, -0.2) is 15.6 Å². The molecule has 0 saturated heterocycles. The van der Waals surface area contributed by atoms with Gasteiger partial charge in [-0.1, -0.05) is 18.2 Å². The van der Waals surface area contributed by atoms with Gasteiger partial charge in [0, 0.05) is 11.9 Å². The predicted octanol–water partition coefficient (Wildman–Crippen LogP) is 3.06. The van der Waals surface area contributed by atoms with Gasteiger partial charge in [0.15, 0.2) is 0 Å². The van der Waals surface area contributed by atoms with Crippen molar-refractivity contribution in [1.82, 2.24) is 4.57 Å². The molecule has 1 saturated carbocycles. The molecule has 1 aliphatic rings. The van der Waals surface area contributed by atoms with Crippen LogP contribution in [0, 0.1) is 12.8 Å². The molecule has 3 heteroatoms. The molecule has 2 aromatic rings. The molecule has 0 amide bonds. The number of rotatable bonds is 3. The molecule has 0 radical (unpaired) electrons. The van der Waals surface area contributed by atoms with Gasteiger partial charge < -0.3 is 9.67 Å². The van der Waals surface area contributed by atoms with Crippen LogP contribution in [0.4, 0.5) is 0 Å². The molecular formula is C14H15NO2. The molecular weight excluding hydrogens is 214 g/mol. The smallest absolute Gasteiger partial charge is 0.352 e. The molecule has 3 rings (SSSR count). The summed E-state index contributed by atoms with van der Waals surface area (Å²) in [6.07, 6.45) is 2.45. The van der Waals surface area contributed by atoms with E-state index in [0.29, 0.717) is 11.6 Å². The molecule has 17 heavy (non-hydrogen) atoms. The number of carboxylic acids is 1. The second-order valence-electron chi connectivity index (χ2n) is 4.90. The number of carbonyl (C=O) groups is 1. The maximum Gasteiger partial charge on any atom is 0.352 e. The van der Waals surface area contributed by atoms with Crippen molar-refractivity contribution in [2.24, 2.45) is 5.92 Å². The van der Waals surface area contributed by atoms with Crippen LogP contribution in [0.15, 0.2) is 24.3 Å². The molecule has 1 N–H and O–H groups in total. The van der Waals surface area contributed by atoms with E-state index in [-0.39, 0.29) is 0 Å². The zero-order valence-electron chi connectivity index (χ0n) is 9.81. The third-order valence-electron chi connectivity index (χ3n) is 3.48. The number of nitrogens with zero attached hydrogens (tertiary/aromatic N) is 1. The van der Waals surface area contributed by atoms with E-state index >= 15 is 0 Å². The minimum absolute atomic E-state index is 0.418. The average molecular weight is 229 g/mol. The fourth-order valence-electron chi connectivity index (χ4n) is 2.44. The molecule has 0 spiro atoms. The summed E-state index contributed by atoms with van der Waals surface area (Å²) in [7, 11) is 0. The summed E-state index contributed by atoms with van der Waals surface area (Å²) in [5.41, 5.74) is 2.65. The van der Waals surface area contributed by atoms with E-state index < -0.39 is 5.97 Å². The topological polar surface area (TPSA) is 42.2 Å². The molecule has 1 aromatic heterocycles. The minimum atomic E-state index is -0.832. The number of aromatic nitrogens is 1. The molecule has 1 aliphatic carbocycles. The van der Waals surface area contributed by atoms with Gasteiger partial charge in [-0.05, 0) is 37.3 Å². The molecule has 0 unspecified atom stereocenters. The van der Waals surface area contributed by atoms with Gasteiger partial charge in [-0.15, -0.1) is 0 Å². The average Bonchev–Trinajstić information content (AvgIpc) is 2.99. The Morgan fingerprint density at radius 3 is 2.88 bits per heavy atom. The second-order valence-corrected chi connectivity index (χ2v) is 4.90. The Morgan fingerprint density at radius 1 is 1.47 bits per heavy atom. The summed E-state index contributed by atoms with van der Waals surface area (Å²) < 4.78 is 1.98. The van der Waals surface area contributed by atoms with Crippen molar-refractivity contribution in [3.05, 3.63) is 35.5 Å². The van der Waals surface area contributed by atoms with Gasteiger partial charge in [0.2, 0.25) is 0 Å². The Balaban J connectivity index is 2.24. The highest BCUT2D eigenvalue weighted by atomic mass is 16.4. The summed E-state index contributed by atoms with van der Waals surface area (Å²) in [6, 6.07) is 7.79. The van der Waals surface area contributed by atoms with Gasteiger partial charge in [0.05, 0.1) is 5.52 Å². The maximum absolute atomic E-state index is 11.3. The number of benzene rings is 1.